The van der Waals surface area contributed by atoms with Crippen molar-refractivity contribution in [2.24, 2.45) is 11.8 Å². The van der Waals surface area contributed by atoms with E-state index in [2.05, 4.69) is 0 Å². The molecule has 1 fully saturated rings. The van der Waals surface area contributed by atoms with Crippen LogP contribution in [0.5, 0.6) is 11.5 Å². The van der Waals surface area contributed by atoms with E-state index in [0.717, 1.165) is 4.90 Å². The van der Waals surface area contributed by atoms with Crippen LogP contribution in [0.25, 0.3) is 0 Å². The second-order valence-electron chi connectivity index (χ2n) is 5.37. The van der Waals surface area contributed by atoms with Gasteiger partial charge < -0.3 is 19.5 Å². The van der Waals surface area contributed by atoms with Gasteiger partial charge in [-0.05, 0) is 18.2 Å². The molecule has 1 saturated heterocycles. The maximum Gasteiger partial charge on any atom is 0.394 e. The number of alkyl halides is 3. The summed E-state index contributed by atoms with van der Waals surface area (Å²) >= 11 is 0. The summed E-state index contributed by atoms with van der Waals surface area (Å²) in [4.78, 5) is 24.3. The summed E-state index contributed by atoms with van der Waals surface area (Å²) < 4.78 is 49.1. The Labute approximate surface area is 128 Å². The van der Waals surface area contributed by atoms with Crippen LogP contribution in [-0.2, 0) is 4.79 Å². The molecule has 0 bridgehead atoms. The van der Waals surface area contributed by atoms with Crippen molar-refractivity contribution in [1.29, 1.82) is 0 Å². The zero-order chi connectivity index (χ0) is 16.8. The molecule has 0 aliphatic carbocycles. The van der Waals surface area contributed by atoms with Crippen molar-refractivity contribution < 1.29 is 37.3 Å². The lowest BCUT2D eigenvalue weighted by Crippen LogP contribution is -2.34. The molecule has 0 radical (unpaired) electrons. The van der Waals surface area contributed by atoms with Gasteiger partial charge in [-0.3, -0.25) is 9.59 Å². The highest BCUT2D eigenvalue weighted by atomic mass is 19.4. The number of benzene rings is 1. The Bertz CT molecular complexity index is 660. The fourth-order valence-corrected chi connectivity index (χ4v) is 2.76. The highest BCUT2D eigenvalue weighted by Crippen LogP contribution is 2.39. The van der Waals surface area contributed by atoms with E-state index in [1.54, 1.807) is 0 Å². The van der Waals surface area contributed by atoms with Crippen LogP contribution in [0.15, 0.2) is 18.2 Å². The van der Waals surface area contributed by atoms with Gasteiger partial charge >= 0.3 is 12.1 Å². The number of hydrogen-bond acceptors (Lipinski definition) is 4. The number of carbonyl (C=O) groups excluding carboxylic acids is 1. The lowest BCUT2D eigenvalue weighted by molar-refractivity contribution is -0.187. The minimum atomic E-state index is -4.67. The van der Waals surface area contributed by atoms with Gasteiger partial charge in [0, 0.05) is 18.7 Å². The SMILES string of the molecule is O=C(O)[C@@H]1CN(C(=O)c2ccc3c(c2)OCO3)C[C@H]1C(F)(F)F. The monoisotopic (exact) mass is 331 g/mol. The predicted octanol–water partition coefficient (Wildman–Crippen LogP) is 1.75. The summed E-state index contributed by atoms with van der Waals surface area (Å²) in [6.45, 7) is -1.14. The Morgan fingerprint density at radius 1 is 1.17 bits per heavy atom. The zero-order valence-corrected chi connectivity index (χ0v) is 11.7. The van der Waals surface area contributed by atoms with Gasteiger partial charge in [0.25, 0.3) is 5.91 Å². The Morgan fingerprint density at radius 3 is 2.48 bits per heavy atom. The molecule has 1 amide bonds. The highest BCUT2D eigenvalue weighted by Gasteiger charge is 2.53. The second-order valence-corrected chi connectivity index (χ2v) is 5.37. The summed E-state index contributed by atoms with van der Waals surface area (Å²) in [5.74, 6) is -5.18. The number of carboxylic acids is 1. The summed E-state index contributed by atoms with van der Waals surface area (Å²) in [5.41, 5.74) is 0.126. The number of fused-ring (bicyclic) bond motifs is 1. The molecular weight excluding hydrogens is 319 g/mol. The normalized spacial score (nSPS) is 23.2. The molecule has 6 nitrogen and oxygen atoms in total. The van der Waals surface area contributed by atoms with Crippen LogP contribution in [0.4, 0.5) is 13.2 Å². The van der Waals surface area contributed by atoms with Gasteiger partial charge in [0.15, 0.2) is 11.5 Å². The first-order valence-corrected chi connectivity index (χ1v) is 6.76. The molecule has 9 heteroatoms. The summed E-state index contributed by atoms with van der Waals surface area (Å²) in [5, 5.41) is 8.97. The maximum atomic E-state index is 13.0. The third kappa shape index (κ3) is 2.78. The number of nitrogens with zero attached hydrogens (tertiary/aromatic N) is 1. The Hall–Kier alpha value is -2.45. The molecule has 2 heterocycles. The third-order valence-corrected chi connectivity index (χ3v) is 3.96. The minimum absolute atomic E-state index is 0.00786. The van der Waals surface area contributed by atoms with Gasteiger partial charge in [-0.1, -0.05) is 0 Å². The van der Waals surface area contributed by atoms with E-state index in [-0.39, 0.29) is 12.4 Å². The standard InChI is InChI=1S/C14H12F3NO5/c15-14(16,17)9-5-18(4-8(9)13(20)21)12(19)7-1-2-10-11(3-7)23-6-22-10/h1-3,8-9H,4-6H2,(H,20,21)/t8-,9-/m1/s1. The van der Waals surface area contributed by atoms with Gasteiger partial charge in [-0.25, -0.2) is 0 Å². The molecule has 2 atom stereocenters. The van der Waals surface area contributed by atoms with Gasteiger partial charge in [-0.15, -0.1) is 0 Å². The van der Waals surface area contributed by atoms with Crippen molar-refractivity contribution in [3.8, 4) is 11.5 Å². The van der Waals surface area contributed by atoms with Gasteiger partial charge in [0.1, 0.15) is 0 Å². The van der Waals surface area contributed by atoms with E-state index in [9.17, 15) is 22.8 Å². The molecule has 0 unspecified atom stereocenters. The van der Waals surface area contributed by atoms with Crippen LogP contribution in [0.3, 0.4) is 0 Å². The van der Waals surface area contributed by atoms with Crippen LogP contribution in [0.1, 0.15) is 10.4 Å². The first-order valence-electron chi connectivity index (χ1n) is 6.76. The second kappa shape index (κ2) is 5.32. The smallest absolute Gasteiger partial charge is 0.394 e. The molecule has 0 saturated carbocycles. The number of halogens is 3. The molecule has 1 N–H and O–H groups in total. The average Bonchev–Trinajstić information content (AvgIpc) is 3.11. The molecule has 0 aromatic heterocycles. The topological polar surface area (TPSA) is 76.1 Å². The summed E-state index contributed by atoms with van der Waals surface area (Å²) in [6, 6.07) is 4.27. The minimum Gasteiger partial charge on any atom is -0.481 e. The number of amides is 1. The predicted molar refractivity (Wildman–Crippen MR) is 69.1 cm³/mol. The zero-order valence-electron chi connectivity index (χ0n) is 11.7. The van der Waals surface area contributed by atoms with E-state index in [1.807, 2.05) is 0 Å². The summed E-state index contributed by atoms with van der Waals surface area (Å²) in [6.07, 6.45) is -4.67. The molecule has 3 rings (SSSR count). The quantitative estimate of drug-likeness (QED) is 0.893. The third-order valence-electron chi connectivity index (χ3n) is 3.96. The van der Waals surface area contributed by atoms with E-state index in [0.29, 0.717) is 11.5 Å². The molecule has 1 aromatic rings. The van der Waals surface area contributed by atoms with Crippen molar-refractivity contribution >= 4 is 11.9 Å². The number of likely N-dealkylation sites (tertiary alicyclic amines) is 1. The van der Waals surface area contributed by atoms with Crippen molar-refractivity contribution in [3.63, 3.8) is 0 Å². The highest BCUT2D eigenvalue weighted by molar-refractivity contribution is 5.95. The van der Waals surface area contributed by atoms with Gasteiger partial charge in [0.2, 0.25) is 6.79 Å². The van der Waals surface area contributed by atoms with E-state index < -0.39 is 43.0 Å². The molecular formula is C14H12F3NO5. The lowest BCUT2D eigenvalue weighted by atomic mass is 9.96. The van der Waals surface area contributed by atoms with E-state index in [4.69, 9.17) is 14.6 Å². The molecule has 2 aliphatic rings. The fourth-order valence-electron chi connectivity index (χ4n) is 2.76. The van der Waals surface area contributed by atoms with Crippen molar-refractivity contribution in [3.05, 3.63) is 23.8 Å². The van der Waals surface area contributed by atoms with E-state index >= 15 is 0 Å². The van der Waals surface area contributed by atoms with Crippen LogP contribution in [-0.4, -0.2) is 47.9 Å². The van der Waals surface area contributed by atoms with Crippen molar-refractivity contribution in [2.75, 3.05) is 19.9 Å². The first-order chi connectivity index (χ1) is 10.8. The Balaban J connectivity index is 1.82. The largest absolute Gasteiger partial charge is 0.481 e. The molecule has 2 aliphatic heterocycles. The van der Waals surface area contributed by atoms with Crippen molar-refractivity contribution in [1.82, 2.24) is 4.90 Å². The van der Waals surface area contributed by atoms with Crippen LogP contribution >= 0.6 is 0 Å². The van der Waals surface area contributed by atoms with Gasteiger partial charge in [-0.2, -0.15) is 13.2 Å². The number of ether oxygens (including phenoxy) is 2. The Morgan fingerprint density at radius 2 is 1.87 bits per heavy atom. The van der Waals surface area contributed by atoms with Crippen LogP contribution < -0.4 is 9.47 Å². The Kier molecular flexibility index (Phi) is 3.57. The van der Waals surface area contributed by atoms with Crippen LogP contribution in [0, 0.1) is 11.8 Å². The maximum absolute atomic E-state index is 13.0. The number of hydrogen-bond donors (Lipinski definition) is 1. The number of aliphatic carboxylic acids is 1. The van der Waals surface area contributed by atoms with E-state index in [1.165, 1.54) is 18.2 Å². The molecule has 1 aromatic carbocycles. The van der Waals surface area contributed by atoms with Crippen molar-refractivity contribution in [2.45, 2.75) is 6.18 Å². The summed E-state index contributed by atoms with van der Waals surface area (Å²) in [7, 11) is 0. The number of carbonyl (C=O) groups is 2. The molecule has 124 valence electrons. The molecule has 23 heavy (non-hydrogen) atoms. The lowest BCUT2D eigenvalue weighted by Gasteiger charge is -2.18. The van der Waals surface area contributed by atoms with Gasteiger partial charge in [0.05, 0.1) is 11.8 Å². The average molecular weight is 331 g/mol. The first kappa shape index (κ1) is 15.4. The fraction of sp³-hybridized carbons (Fsp3) is 0.429. The number of rotatable bonds is 2. The molecule has 0 spiro atoms. The number of carboxylic acid groups (broad SMARTS) is 1. The van der Waals surface area contributed by atoms with Crippen LogP contribution in [0.2, 0.25) is 0 Å².